The second-order valence-corrected chi connectivity index (χ2v) is 6.07. The summed E-state index contributed by atoms with van der Waals surface area (Å²) in [6, 6.07) is 14.1. The molecule has 0 spiro atoms. The molecule has 1 amide bonds. The summed E-state index contributed by atoms with van der Waals surface area (Å²) in [6.07, 6.45) is 10.7. The van der Waals surface area contributed by atoms with Crippen LogP contribution in [0.5, 0.6) is 0 Å². The standard InChI is InChI=1S/C14H12NOS.C5H5.Fe/c16-14-9-11(13-6-3-7-17-13)8-12(15-14)10-4-1-2-5-10;1-2-4-5-3-1;/h1-8,11H,9H2,(H,15,16);1-5H;/q2*-1;+2. The summed E-state index contributed by atoms with van der Waals surface area (Å²) >= 11 is 1.71. The molecule has 2 aliphatic rings. The van der Waals surface area contributed by atoms with E-state index in [1.165, 1.54) is 4.88 Å². The fourth-order valence-corrected chi connectivity index (χ4v) is 3.23. The first kappa shape index (κ1) is 17.7. The van der Waals surface area contributed by atoms with Crippen molar-refractivity contribution in [3.05, 3.63) is 95.4 Å². The molecule has 2 radical (unpaired) electrons. The molecule has 0 fully saturated rings. The van der Waals surface area contributed by atoms with Gasteiger partial charge in [0.15, 0.2) is 0 Å². The van der Waals surface area contributed by atoms with Gasteiger partial charge >= 0.3 is 17.1 Å². The third-order valence-corrected chi connectivity index (χ3v) is 4.49. The Morgan fingerprint density at radius 2 is 2.04 bits per heavy atom. The summed E-state index contributed by atoms with van der Waals surface area (Å²) in [6.45, 7) is 0. The summed E-state index contributed by atoms with van der Waals surface area (Å²) in [4.78, 5) is 13.0. The van der Waals surface area contributed by atoms with Crippen LogP contribution >= 0.6 is 11.3 Å². The van der Waals surface area contributed by atoms with E-state index in [1.54, 1.807) is 11.3 Å². The van der Waals surface area contributed by atoms with Crippen LogP contribution in [0.4, 0.5) is 0 Å². The number of hydrogen-bond donors (Lipinski definition) is 1. The van der Waals surface area contributed by atoms with Crippen LogP contribution in [-0.4, -0.2) is 5.91 Å². The first-order valence-electron chi connectivity index (χ1n) is 7.27. The van der Waals surface area contributed by atoms with Crippen molar-refractivity contribution in [2.24, 2.45) is 0 Å². The Morgan fingerprint density at radius 1 is 1.22 bits per heavy atom. The summed E-state index contributed by atoms with van der Waals surface area (Å²) in [5, 5.41) is 4.99. The summed E-state index contributed by atoms with van der Waals surface area (Å²) in [7, 11) is 0. The number of rotatable bonds is 2. The van der Waals surface area contributed by atoms with Gasteiger partial charge in [-0.15, -0.1) is 17.4 Å². The van der Waals surface area contributed by atoms with Crippen molar-refractivity contribution >= 4 is 17.2 Å². The van der Waals surface area contributed by atoms with E-state index in [1.807, 2.05) is 61.7 Å². The number of amides is 1. The van der Waals surface area contributed by atoms with Crippen LogP contribution in [0.15, 0.2) is 71.3 Å². The first-order chi connectivity index (χ1) is 10.8. The van der Waals surface area contributed by atoms with Gasteiger partial charge in [0.05, 0.1) is 0 Å². The van der Waals surface area contributed by atoms with Gasteiger partial charge in [-0.1, -0.05) is 24.6 Å². The largest absolute Gasteiger partial charge is 2.00 e. The molecule has 118 valence electrons. The van der Waals surface area contributed by atoms with Gasteiger partial charge < -0.3 is 5.32 Å². The topological polar surface area (TPSA) is 29.1 Å². The van der Waals surface area contributed by atoms with E-state index in [9.17, 15) is 4.79 Å². The number of hydrogen-bond acceptors (Lipinski definition) is 2. The third-order valence-electron chi connectivity index (χ3n) is 3.49. The van der Waals surface area contributed by atoms with Gasteiger partial charge in [0.2, 0.25) is 5.91 Å². The number of allylic oxidation sites excluding steroid dienone is 3. The van der Waals surface area contributed by atoms with E-state index < -0.39 is 0 Å². The van der Waals surface area contributed by atoms with Crippen LogP contribution in [0.3, 0.4) is 0 Å². The van der Waals surface area contributed by atoms with E-state index in [2.05, 4.69) is 22.8 Å². The van der Waals surface area contributed by atoms with Gasteiger partial charge in [-0.25, -0.2) is 12.1 Å². The van der Waals surface area contributed by atoms with E-state index in [0.717, 1.165) is 11.3 Å². The molecule has 1 unspecified atom stereocenters. The van der Waals surface area contributed by atoms with E-state index in [0.29, 0.717) is 6.42 Å². The molecule has 1 atom stereocenters. The Morgan fingerprint density at radius 3 is 2.61 bits per heavy atom. The van der Waals surface area contributed by atoms with Crippen LogP contribution in [0.1, 0.15) is 17.2 Å². The third kappa shape index (κ3) is 4.93. The van der Waals surface area contributed by atoms with Crippen molar-refractivity contribution < 1.29 is 21.9 Å². The Labute approximate surface area is 152 Å². The van der Waals surface area contributed by atoms with E-state index in [4.69, 9.17) is 0 Å². The normalized spacial score (nSPS) is 19.3. The Balaban J connectivity index is 0.000000276. The molecule has 0 saturated carbocycles. The molecule has 1 aliphatic carbocycles. The SMILES string of the molecule is O=C1CC(c2cccs2)C=C(C2=C[CH][CH][CH-]2)N1.[Fe+2].c1cc[cH-]c1. The van der Waals surface area contributed by atoms with Crippen molar-refractivity contribution in [2.45, 2.75) is 12.3 Å². The van der Waals surface area contributed by atoms with Gasteiger partial charge in [-0.2, -0.15) is 36.3 Å². The molecule has 2 heterocycles. The van der Waals surface area contributed by atoms with Gasteiger partial charge in [-0.3, -0.25) is 4.79 Å². The van der Waals surface area contributed by atoms with Crippen LogP contribution in [0, 0.1) is 19.3 Å². The molecule has 4 heteroatoms. The van der Waals surface area contributed by atoms with Gasteiger partial charge in [-0.05, 0) is 11.4 Å². The number of carbonyl (C=O) groups excluding carboxylic acids is 1. The quantitative estimate of drug-likeness (QED) is 0.629. The summed E-state index contributed by atoms with van der Waals surface area (Å²) in [5.74, 6) is 0.316. The summed E-state index contributed by atoms with van der Waals surface area (Å²) in [5.41, 5.74) is 2.02. The number of thiophene rings is 1. The Bertz CT molecular complexity index is 638. The zero-order valence-corrected chi connectivity index (χ0v) is 14.4. The molecule has 1 N–H and O–H groups in total. The van der Waals surface area contributed by atoms with Crippen molar-refractivity contribution in [3.8, 4) is 0 Å². The number of nitrogens with one attached hydrogen (secondary N) is 1. The van der Waals surface area contributed by atoms with Gasteiger partial charge in [0.1, 0.15) is 0 Å². The van der Waals surface area contributed by atoms with Crippen molar-refractivity contribution in [1.29, 1.82) is 0 Å². The molecule has 2 nitrogen and oxygen atoms in total. The van der Waals surface area contributed by atoms with Crippen LogP contribution in [0.25, 0.3) is 0 Å². The monoisotopic (exact) mass is 363 g/mol. The maximum atomic E-state index is 11.7. The first-order valence-corrected chi connectivity index (χ1v) is 8.15. The fraction of sp³-hybridized carbons (Fsp3) is 0.105. The smallest absolute Gasteiger partial charge is 0.379 e. The number of carbonyl (C=O) groups is 1. The van der Waals surface area contributed by atoms with Crippen LogP contribution in [0.2, 0.25) is 0 Å². The second kappa shape index (κ2) is 8.87. The molecule has 0 bridgehead atoms. The Kier molecular flexibility index (Phi) is 6.84. The van der Waals surface area contributed by atoms with Crippen LogP contribution < -0.4 is 5.32 Å². The van der Waals surface area contributed by atoms with Crippen molar-refractivity contribution in [1.82, 2.24) is 5.32 Å². The molecule has 1 aliphatic heterocycles. The Hall–Kier alpha value is -1.61. The molecule has 0 saturated heterocycles. The average molecular weight is 363 g/mol. The minimum atomic E-state index is 0. The van der Waals surface area contributed by atoms with Crippen molar-refractivity contribution in [3.63, 3.8) is 0 Å². The van der Waals surface area contributed by atoms with Crippen molar-refractivity contribution in [2.75, 3.05) is 0 Å². The van der Waals surface area contributed by atoms with Gasteiger partial charge in [0, 0.05) is 17.2 Å². The molecule has 1 aromatic carbocycles. The fourth-order valence-electron chi connectivity index (χ4n) is 2.43. The maximum absolute atomic E-state index is 11.7. The summed E-state index contributed by atoms with van der Waals surface area (Å²) < 4.78 is 0. The molecule has 4 rings (SSSR count). The zero-order chi connectivity index (χ0) is 15.2. The van der Waals surface area contributed by atoms with Gasteiger partial charge in [0.25, 0.3) is 0 Å². The maximum Gasteiger partial charge on any atom is 2.00 e. The average Bonchev–Trinajstić information content (AvgIpc) is 3.31. The molecule has 23 heavy (non-hydrogen) atoms. The zero-order valence-electron chi connectivity index (χ0n) is 12.5. The predicted molar refractivity (Wildman–Crippen MR) is 90.9 cm³/mol. The molecule has 2 aromatic rings. The molecular weight excluding hydrogens is 346 g/mol. The second-order valence-electron chi connectivity index (χ2n) is 5.09. The minimum Gasteiger partial charge on any atom is -0.379 e. The van der Waals surface area contributed by atoms with Crippen LogP contribution in [-0.2, 0) is 21.9 Å². The predicted octanol–water partition coefficient (Wildman–Crippen LogP) is 4.19. The molecule has 1 aromatic heterocycles. The molecular formula is C19H17FeNOS. The van der Waals surface area contributed by atoms with E-state index >= 15 is 0 Å². The van der Waals surface area contributed by atoms with E-state index in [-0.39, 0.29) is 28.9 Å². The minimum absolute atomic E-state index is 0.